The average molecular weight is 246 g/mol. The van der Waals surface area contributed by atoms with Crippen molar-refractivity contribution < 1.29 is 9.21 Å². The van der Waals surface area contributed by atoms with Crippen molar-refractivity contribution in [3.63, 3.8) is 0 Å². The van der Waals surface area contributed by atoms with E-state index in [9.17, 15) is 4.79 Å². The summed E-state index contributed by atoms with van der Waals surface area (Å²) in [6.07, 6.45) is 2.99. The Bertz CT molecular complexity index is 585. The molecule has 0 bridgehead atoms. The number of thioether (sulfide) groups is 1. The molecule has 7 heteroatoms. The number of amidine groups is 2. The highest BCUT2D eigenvalue weighted by atomic mass is 32.2. The largest absolute Gasteiger partial charge is 0.465 e. The van der Waals surface area contributed by atoms with Gasteiger partial charge in [-0.1, -0.05) is 0 Å². The van der Waals surface area contributed by atoms with Crippen LogP contribution in [0, 0.1) is 5.41 Å². The van der Waals surface area contributed by atoms with Gasteiger partial charge in [0, 0.05) is 0 Å². The molecule has 0 saturated heterocycles. The SMILES string of the molecule is N=C1/C(=C/c2ccco2)C(=O)N=C2SC=NN12. The second-order valence-electron chi connectivity index (χ2n) is 3.27. The van der Waals surface area contributed by atoms with Gasteiger partial charge in [-0.15, -0.1) is 0 Å². The van der Waals surface area contributed by atoms with Crippen LogP contribution in [-0.4, -0.2) is 27.5 Å². The summed E-state index contributed by atoms with van der Waals surface area (Å²) in [5, 5.41) is 13.6. The topological polar surface area (TPSA) is 82.0 Å². The molecule has 0 aliphatic carbocycles. The molecule has 0 spiro atoms. The Balaban J connectivity index is 2.04. The van der Waals surface area contributed by atoms with Crippen LogP contribution in [0.1, 0.15) is 5.76 Å². The Hall–Kier alpha value is -2.15. The van der Waals surface area contributed by atoms with E-state index in [4.69, 9.17) is 9.83 Å². The molecular weight excluding hydrogens is 240 g/mol. The molecule has 0 fully saturated rings. The molecule has 3 rings (SSSR count). The number of furan rings is 1. The van der Waals surface area contributed by atoms with Crippen LogP contribution < -0.4 is 0 Å². The second kappa shape index (κ2) is 3.70. The first kappa shape index (κ1) is 10.0. The Morgan fingerprint density at radius 2 is 2.41 bits per heavy atom. The Kier molecular flexibility index (Phi) is 2.19. The molecule has 6 nitrogen and oxygen atoms in total. The molecule has 1 amide bonds. The van der Waals surface area contributed by atoms with Crippen LogP contribution >= 0.6 is 11.8 Å². The summed E-state index contributed by atoms with van der Waals surface area (Å²) in [7, 11) is 0. The van der Waals surface area contributed by atoms with Gasteiger partial charge in [0.05, 0.1) is 17.4 Å². The number of aliphatic imine (C=N–C) groups is 1. The van der Waals surface area contributed by atoms with Crippen LogP contribution in [0.4, 0.5) is 0 Å². The van der Waals surface area contributed by atoms with Gasteiger partial charge in [-0.05, 0) is 30.0 Å². The summed E-state index contributed by atoms with van der Waals surface area (Å²) in [5.41, 5.74) is 1.71. The molecule has 1 aromatic heterocycles. The number of carbonyl (C=O) groups is 1. The number of hydrazone groups is 1. The predicted octanol–water partition coefficient (Wildman–Crippen LogP) is 1.53. The standard InChI is InChI=1S/C10H6N4O2S/c11-8-7(4-6-2-1-3-16-6)9(15)13-10-14(8)12-5-17-10/h1-5,11H/b7-4-,11-8?. The lowest BCUT2D eigenvalue weighted by Crippen LogP contribution is -2.35. The number of hydrogen-bond acceptors (Lipinski definition) is 5. The Morgan fingerprint density at radius 3 is 3.18 bits per heavy atom. The van der Waals surface area contributed by atoms with Crippen molar-refractivity contribution in [3.05, 3.63) is 29.7 Å². The summed E-state index contributed by atoms with van der Waals surface area (Å²) in [6.45, 7) is 0. The van der Waals surface area contributed by atoms with Crippen molar-refractivity contribution >= 4 is 40.3 Å². The van der Waals surface area contributed by atoms with E-state index in [1.807, 2.05) is 0 Å². The molecule has 84 valence electrons. The summed E-state index contributed by atoms with van der Waals surface area (Å²) in [5.74, 6) is 0.0703. The second-order valence-corrected chi connectivity index (χ2v) is 4.08. The highest BCUT2D eigenvalue weighted by molar-refractivity contribution is 8.25. The van der Waals surface area contributed by atoms with Gasteiger partial charge in [-0.25, -0.2) is 0 Å². The summed E-state index contributed by atoms with van der Waals surface area (Å²) < 4.78 is 5.11. The number of nitrogens with zero attached hydrogens (tertiary/aromatic N) is 3. The minimum Gasteiger partial charge on any atom is -0.465 e. The fraction of sp³-hybridized carbons (Fsp3) is 0. The van der Waals surface area contributed by atoms with Crippen LogP contribution in [0.3, 0.4) is 0 Å². The molecule has 0 radical (unpaired) electrons. The van der Waals surface area contributed by atoms with Gasteiger partial charge in [-0.2, -0.15) is 15.1 Å². The van der Waals surface area contributed by atoms with E-state index in [-0.39, 0.29) is 11.4 Å². The molecule has 17 heavy (non-hydrogen) atoms. The van der Waals surface area contributed by atoms with Crippen molar-refractivity contribution in [2.75, 3.05) is 0 Å². The molecule has 0 unspecified atom stereocenters. The molecule has 2 aliphatic heterocycles. The lowest BCUT2D eigenvalue weighted by Gasteiger charge is -2.19. The summed E-state index contributed by atoms with van der Waals surface area (Å²) in [4.78, 5) is 15.6. The van der Waals surface area contributed by atoms with E-state index in [0.29, 0.717) is 10.9 Å². The molecule has 0 aromatic carbocycles. The van der Waals surface area contributed by atoms with Crippen molar-refractivity contribution in [2.45, 2.75) is 0 Å². The van der Waals surface area contributed by atoms with Gasteiger partial charge in [0.25, 0.3) is 5.91 Å². The van der Waals surface area contributed by atoms with Gasteiger partial charge in [0.15, 0.2) is 11.0 Å². The average Bonchev–Trinajstić information content (AvgIpc) is 2.94. The van der Waals surface area contributed by atoms with Crippen molar-refractivity contribution in [2.24, 2.45) is 10.1 Å². The van der Waals surface area contributed by atoms with E-state index >= 15 is 0 Å². The monoisotopic (exact) mass is 246 g/mol. The lowest BCUT2D eigenvalue weighted by atomic mass is 10.1. The van der Waals surface area contributed by atoms with E-state index < -0.39 is 5.91 Å². The normalized spacial score (nSPS) is 21.1. The molecule has 3 heterocycles. The van der Waals surface area contributed by atoms with Crippen LogP contribution in [0.2, 0.25) is 0 Å². The third-order valence-electron chi connectivity index (χ3n) is 2.23. The molecule has 0 atom stereocenters. The zero-order chi connectivity index (χ0) is 11.8. The Labute approximate surface area is 100 Å². The van der Waals surface area contributed by atoms with E-state index in [0.717, 1.165) is 0 Å². The maximum absolute atomic E-state index is 11.7. The maximum atomic E-state index is 11.7. The minimum absolute atomic E-state index is 0.0117. The number of nitrogens with one attached hydrogen (secondary N) is 1. The number of rotatable bonds is 1. The maximum Gasteiger partial charge on any atom is 0.283 e. The van der Waals surface area contributed by atoms with Crippen molar-refractivity contribution in [3.8, 4) is 0 Å². The number of carbonyl (C=O) groups excluding carboxylic acids is 1. The van der Waals surface area contributed by atoms with E-state index in [2.05, 4.69) is 10.1 Å². The van der Waals surface area contributed by atoms with Crippen molar-refractivity contribution in [1.82, 2.24) is 5.01 Å². The Morgan fingerprint density at radius 1 is 1.53 bits per heavy atom. The van der Waals surface area contributed by atoms with E-state index in [1.165, 1.54) is 34.7 Å². The van der Waals surface area contributed by atoms with Crippen LogP contribution in [-0.2, 0) is 4.79 Å². The third kappa shape index (κ3) is 1.60. The molecule has 2 aliphatic rings. The smallest absolute Gasteiger partial charge is 0.283 e. The highest BCUT2D eigenvalue weighted by Gasteiger charge is 2.32. The summed E-state index contributed by atoms with van der Waals surface area (Å²) in [6, 6.07) is 3.41. The van der Waals surface area contributed by atoms with Crippen LogP contribution in [0.15, 0.2) is 38.5 Å². The quantitative estimate of drug-likeness (QED) is 0.762. The predicted molar refractivity (Wildman–Crippen MR) is 64.8 cm³/mol. The number of fused-ring (bicyclic) bond motifs is 1. The first-order chi connectivity index (χ1) is 8.25. The first-order valence-corrected chi connectivity index (χ1v) is 5.60. The third-order valence-corrected chi connectivity index (χ3v) is 2.90. The summed E-state index contributed by atoms with van der Waals surface area (Å²) >= 11 is 1.22. The van der Waals surface area contributed by atoms with Crippen LogP contribution in [0.5, 0.6) is 0 Å². The van der Waals surface area contributed by atoms with Gasteiger partial charge >= 0.3 is 0 Å². The zero-order valence-corrected chi connectivity index (χ0v) is 9.27. The molecular formula is C10H6N4O2S. The zero-order valence-electron chi connectivity index (χ0n) is 8.45. The molecule has 1 aromatic rings. The molecule has 0 saturated carbocycles. The first-order valence-electron chi connectivity index (χ1n) is 4.72. The number of amides is 1. The van der Waals surface area contributed by atoms with Gasteiger partial charge < -0.3 is 4.42 Å². The van der Waals surface area contributed by atoms with Crippen LogP contribution in [0.25, 0.3) is 6.08 Å². The van der Waals surface area contributed by atoms with Gasteiger partial charge in [-0.3, -0.25) is 10.2 Å². The van der Waals surface area contributed by atoms with Crippen molar-refractivity contribution in [1.29, 1.82) is 5.41 Å². The molecule has 1 N–H and O–H groups in total. The van der Waals surface area contributed by atoms with Gasteiger partial charge in [0.1, 0.15) is 5.76 Å². The lowest BCUT2D eigenvalue weighted by molar-refractivity contribution is -0.114. The number of hydrogen-bond donors (Lipinski definition) is 1. The van der Waals surface area contributed by atoms with E-state index in [1.54, 1.807) is 12.1 Å². The highest BCUT2D eigenvalue weighted by Crippen LogP contribution is 2.24. The minimum atomic E-state index is -0.448. The fourth-order valence-corrected chi connectivity index (χ4v) is 2.06. The van der Waals surface area contributed by atoms with Gasteiger partial charge in [0.2, 0.25) is 0 Å². The fourth-order valence-electron chi connectivity index (χ4n) is 1.45.